The number of anilines is 2. The molecule has 0 atom stereocenters. The molecule has 0 aliphatic heterocycles. The molecule has 0 saturated heterocycles. The van der Waals surface area contributed by atoms with E-state index in [-0.39, 0.29) is 17.2 Å². The molecule has 8 heteroatoms. The predicted molar refractivity (Wildman–Crippen MR) is 117 cm³/mol. The zero-order chi connectivity index (χ0) is 20.8. The smallest absolute Gasteiger partial charge is 0.258 e. The highest BCUT2D eigenvalue weighted by atomic mass is 35.5. The van der Waals surface area contributed by atoms with Gasteiger partial charge in [-0.3, -0.25) is 9.59 Å². The van der Waals surface area contributed by atoms with Gasteiger partial charge in [-0.1, -0.05) is 35.3 Å². The molecule has 29 heavy (non-hydrogen) atoms. The van der Waals surface area contributed by atoms with Gasteiger partial charge in [-0.05, 0) is 54.6 Å². The van der Waals surface area contributed by atoms with Crippen molar-refractivity contribution in [1.82, 2.24) is 0 Å². The number of rotatable bonds is 6. The summed E-state index contributed by atoms with van der Waals surface area (Å²) in [6, 6.07) is 17.5. The lowest BCUT2D eigenvalue weighted by Crippen LogP contribution is -2.14. The molecular weight excluding hydrogens is 434 g/mol. The minimum atomic E-state index is -0.579. The molecule has 3 rings (SSSR count). The van der Waals surface area contributed by atoms with Crippen molar-refractivity contribution in [3.8, 4) is 0 Å². The van der Waals surface area contributed by atoms with E-state index in [0.29, 0.717) is 21.4 Å². The van der Waals surface area contributed by atoms with Crippen molar-refractivity contribution < 1.29 is 14.0 Å². The first-order valence-electron chi connectivity index (χ1n) is 8.45. The van der Waals surface area contributed by atoms with Crippen LogP contribution in [0, 0.1) is 5.82 Å². The van der Waals surface area contributed by atoms with Crippen LogP contribution in [0.4, 0.5) is 15.8 Å². The Kier molecular flexibility index (Phi) is 7.14. The van der Waals surface area contributed by atoms with Crippen LogP contribution < -0.4 is 10.6 Å². The van der Waals surface area contributed by atoms with Gasteiger partial charge < -0.3 is 10.6 Å². The lowest BCUT2D eigenvalue weighted by molar-refractivity contribution is -0.113. The summed E-state index contributed by atoms with van der Waals surface area (Å²) in [5, 5.41) is 6.25. The van der Waals surface area contributed by atoms with Gasteiger partial charge in [0.25, 0.3) is 5.91 Å². The summed E-state index contributed by atoms with van der Waals surface area (Å²) in [5.74, 6) is -1.12. The van der Waals surface area contributed by atoms with Crippen LogP contribution in [0.25, 0.3) is 0 Å². The second-order valence-corrected chi connectivity index (χ2v) is 7.87. The number of thioether (sulfide) groups is 1. The third-order valence-electron chi connectivity index (χ3n) is 3.75. The lowest BCUT2D eigenvalue weighted by atomic mass is 10.2. The maximum absolute atomic E-state index is 13.7. The molecule has 0 radical (unpaired) electrons. The predicted octanol–water partition coefficient (Wildman–Crippen LogP) is 6.12. The minimum absolute atomic E-state index is 0.0243. The molecule has 0 spiro atoms. The summed E-state index contributed by atoms with van der Waals surface area (Å²) in [5.41, 5.74) is 1.03. The van der Waals surface area contributed by atoms with E-state index in [4.69, 9.17) is 23.2 Å². The van der Waals surface area contributed by atoms with Crippen LogP contribution in [0.1, 0.15) is 10.4 Å². The molecule has 3 aromatic carbocycles. The Hall–Kier alpha value is -2.54. The first kappa shape index (κ1) is 21.2. The van der Waals surface area contributed by atoms with Crippen molar-refractivity contribution in [3.63, 3.8) is 0 Å². The molecule has 0 saturated carbocycles. The molecule has 2 N–H and O–H groups in total. The van der Waals surface area contributed by atoms with Crippen LogP contribution in [0.15, 0.2) is 71.6 Å². The average molecular weight is 449 g/mol. The highest BCUT2D eigenvalue weighted by molar-refractivity contribution is 8.00. The van der Waals surface area contributed by atoms with E-state index in [9.17, 15) is 14.0 Å². The van der Waals surface area contributed by atoms with Crippen LogP contribution in [0.2, 0.25) is 10.0 Å². The Bertz CT molecular complexity index is 1020. The van der Waals surface area contributed by atoms with Crippen molar-refractivity contribution >= 4 is 58.2 Å². The summed E-state index contributed by atoms with van der Waals surface area (Å²) >= 11 is 13.2. The van der Waals surface area contributed by atoms with Crippen molar-refractivity contribution in [1.29, 1.82) is 0 Å². The molecule has 0 bridgehead atoms. The molecule has 4 nitrogen and oxygen atoms in total. The molecule has 148 valence electrons. The number of benzene rings is 3. The number of halogens is 3. The molecule has 3 aromatic rings. The van der Waals surface area contributed by atoms with Crippen molar-refractivity contribution in [2.45, 2.75) is 4.90 Å². The molecule has 0 heterocycles. The van der Waals surface area contributed by atoms with Gasteiger partial charge in [-0.25, -0.2) is 4.39 Å². The van der Waals surface area contributed by atoms with Gasteiger partial charge in [0.15, 0.2) is 0 Å². The first-order chi connectivity index (χ1) is 13.9. The molecule has 0 aliphatic carbocycles. The number of hydrogen-bond acceptors (Lipinski definition) is 3. The van der Waals surface area contributed by atoms with E-state index in [1.807, 2.05) is 0 Å². The second kappa shape index (κ2) is 9.78. The Morgan fingerprint density at radius 1 is 0.862 bits per heavy atom. The number of carbonyl (C=O) groups excluding carboxylic acids is 2. The van der Waals surface area contributed by atoms with Crippen LogP contribution in [0.3, 0.4) is 0 Å². The molecule has 2 amide bonds. The number of amides is 2. The van der Waals surface area contributed by atoms with Crippen molar-refractivity contribution in [2.24, 2.45) is 0 Å². The van der Waals surface area contributed by atoms with Crippen molar-refractivity contribution in [3.05, 3.63) is 88.2 Å². The Balaban J connectivity index is 1.53. The van der Waals surface area contributed by atoms with E-state index in [2.05, 4.69) is 10.6 Å². The number of hydrogen-bond donors (Lipinski definition) is 2. The van der Waals surface area contributed by atoms with Gasteiger partial charge in [0, 0.05) is 26.3 Å². The number of carbonyl (C=O) groups is 2. The molecular formula is C21H15Cl2FN2O2S. The third-order valence-corrected chi connectivity index (χ3v) is 5.20. The van der Waals surface area contributed by atoms with E-state index >= 15 is 0 Å². The van der Waals surface area contributed by atoms with Gasteiger partial charge in [-0.2, -0.15) is 0 Å². The van der Waals surface area contributed by atoms with Gasteiger partial charge in [-0.15, -0.1) is 11.8 Å². The quantitative estimate of drug-likeness (QED) is 0.446. The molecule has 0 aliphatic rings. The fourth-order valence-corrected chi connectivity index (χ4v) is 3.67. The Labute approximate surface area is 181 Å². The largest absolute Gasteiger partial charge is 0.325 e. The average Bonchev–Trinajstić information content (AvgIpc) is 2.67. The van der Waals surface area contributed by atoms with Crippen LogP contribution in [-0.2, 0) is 4.79 Å². The highest BCUT2D eigenvalue weighted by Gasteiger charge is 2.11. The molecule has 0 fully saturated rings. The molecule has 0 aromatic heterocycles. The van der Waals surface area contributed by atoms with Gasteiger partial charge >= 0.3 is 0 Å². The van der Waals surface area contributed by atoms with E-state index in [1.54, 1.807) is 48.5 Å². The third kappa shape index (κ3) is 6.22. The van der Waals surface area contributed by atoms with Gasteiger partial charge in [0.1, 0.15) is 5.82 Å². The maximum Gasteiger partial charge on any atom is 0.258 e. The standard InChI is InChI=1S/C21H15Cl2FN2O2S/c22-13-9-14(23)11-16(10-13)25-20(27)12-29-17-7-5-15(6-8-17)26-21(28)18-3-1-2-4-19(18)24/h1-11H,12H2,(H,25,27)(H,26,28). The topological polar surface area (TPSA) is 58.2 Å². The normalized spacial score (nSPS) is 10.4. The molecule has 0 unspecified atom stereocenters. The fourth-order valence-electron chi connectivity index (χ4n) is 2.45. The van der Waals surface area contributed by atoms with E-state index < -0.39 is 11.7 Å². The second-order valence-electron chi connectivity index (χ2n) is 5.95. The van der Waals surface area contributed by atoms with Crippen LogP contribution in [-0.4, -0.2) is 17.6 Å². The summed E-state index contributed by atoms with van der Waals surface area (Å²) in [7, 11) is 0. The minimum Gasteiger partial charge on any atom is -0.325 e. The van der Waals surface area contributed by atoms with E-state index in [0.717, 1.165) is 4.90 Å². The zero-order valence-electron chi connectivity index (χ0n) is 14.9. The maximum atomic E-state index is 13.7. The van der Waals surface area contributed by atoms with Gasteiger partial charge in [0.2, 0.25) is 5.91 Å². The Morgan fingerprint density at radius 3 is 2.17 bits per heavy atom. The summed E-state index contributed by atoms with van der Waals surface area (Å²) in [4.78, 5) is 25.1. The summed E-state index contributed by atoms with van der Waals surface area (Å²) in [6.07, 6.45) is 0. The number of nitrogens with one attached hydrogen (secondary N) is 2. The van der Waals surface area contributed by atoms with Gasteiger partial charge in [0.05, 0.1) is 11.3 Å². The highest BCUT2D eigenvalue weighted by Crippen LogP contribution is 2.24. The van der Waals surface area contributed by atoms with Crippen LogP contribution in [0.5, 0.6) is 0 Å². The summed E-state index contributed by atoms with van der Waals surface area (Å²) < 4.78 is 13.7. The first-order valence-corrected chi connectivity index (χ1v) is 10.2. The monoisotopic (exact) mass is 448 g/mol. The summed E-state index contributed by atoms with van der Waals surface area (Å²) in [6.45, 7) is 0. The fraction of sp³-hybridized carbons (Fsp3) is 0.0476. The lowest BCUT2D eigenvalue weighted by Gasteiger charge is -2.08. The SMILES string of the molecule is O=C(CSc1ccc(NC(=O)c2ccccc2F)cc1)Nc1cc(Cl)cc(Cl)c1. The van der Waals surface area contributed by atoms with Crippen molar-refractivity contribution in [2.75, 3.05) is 16.4 Å². The van der Waals surface area contributed by atoms with E-state index in [1.165, 1.54) is 30.0 Å². The zero-order valence-corrected chi connectivity index (χ0v) is 17.2. The van der Waals surface area contributed by atoms with Crippen LogP contribution >= 0.6 is 35.0 Å². The Morgan fingerprint density at radius 2 is 1.52 bits per heavy atom.